The van der Waals surface area contributed by atoms with Gasteiger partial charge < -0.3 is 10.1 Å². The first kappa shape index (κ1) is 18.1. The molecule has 0 aliphatic heterocycles. The van der Waals surface area contributed by atoms with E-state index in [1.54, 1.807) is 6.92 Å². The van der Waals surface area contributed by atoms with E-state index in [0.29, 0.717) is 12.4 Å². The summed E-state index contributed by atoms with van der Waals surface area (Å²) in [6, 6.07) is 4.48. The van der Waals surface area contributed by atoms with Gasteiger partial charge in [-0.2, -0.15) is 30.7 Å². The van der Waals surface area contributed by atoms with Crippen molar-refractivity contribution in [2.24, 2.45) is 0 Å². The second-order valence-corrected chi connectivity index (χ2v) is 4.06. The first-order valence-corrected chi connectivity index (χ1v) is 5.80. The number of halogens is 7. The number of hydrogen-bond acceptors (Lipinski definition) is 2. The van der Waals surface area contributed by atoms with Gasteiger partial charge in [0.1, 0.15) is 5.75 Å². The van der Waals surface area contributed by atoms with E-state index in [1.807, 2.05) is 0 Å². The molecule has 0 aliphatic rings. The van der Waals surface area contributed by atoms with Crippen LogP contribution in [-0.2, 0) is 4.79 Å². The monoisotopic (exact) mass is 333 g/mol. The van der Waals surface area contributed by atoms with Crippen LogP contribution in [0.15, 0.2) is 24.3 Å². The summed E-state index contributed by atoms with van der Waals surface area (Å²) >= 11 is 0. The Hall–Kier alpha value is -2.00. The molecule has 0 atom stereocenters. The number of rotatable bonds is 5. The van der Waals surface area contributed by atoms with Gasteiger partial charge in [0.25, 0.3) is 0 Å². The number of benzene rings is 1. The van der Waals surface area contributed by atoms with Crippen LogP contribution in [0.2, 0.25) is 0 Å². The van der Waals surface area contributed by atoms with Gasteiger partial charge >= 0.3 is 23.9 Å². The van der Waals surface area contributed by atoms with Crippen LogP contribution in [0.1, 0.15) is 6.92 Å². The highest BCUT2D eigenvalue weighted by Crippen LogP contribution is 2.46. The lowest BCUT2D eigenvalue weighted by atomic mass is 10.1. The molecule has 1 rings (SSSR count). The van der Waals surface area contributed by atoms with Gasteiger partial charge in [0.05, 0.1) is 6.61 Å². The zero-order valence-corrected chi connectivity index (χ0v) is 11.0. The lowest BCUT2D eigenvalue weighted by Gasteiger charge is -2.27. The zero-order chi connectivity index (χ0) is 17.2. The van der Waals surface area contributed by atoms with Crippen molar-refractivity contribution in [3.05, 3.63) is 24.3 Å². The highest BCUT2D eigenvalue weighted by Gasteiger charge is 2.76. The molecular weight excluding hydrogens is 323 g/mol. The van der Waals surface area contributed by atoms with Gasteiger partial charge in [-0.1, -0.05) is 0 Å². The number of ether oxygens (including phenoxy) is 1. The topological polar surface area (TPSA) is 38.3 Å². The molecule has 0 saturated carbocycles. The van der Waals surface area contributed by atoms with Crippen molar-refractivity contribution in [1.82, 2.24) is 0 Å². The molecule has 0 spiro atoms. The predicted molar refractivity (Wildman–Crippen MR) is 62.2 cm³/mol. The molecule has 1 aromatic carbocycles. The van der Waals surface area contributed by atoms with E-state index in [4.69, 9.17) is 4.74 Å². The number of nitrogens with one attached hydrogen (secondary N) is 1. The fourth-order valence-electron chi connectivity index (χ4n) is 1.33. The molecule has 0 radical (unpaired) electrons. The SMILES string of the molecule is CCOc1ccc(NC(=O)C(F)(F)C(F)(F)C(F)(F)F)cc1. The van der Waals surface area contributed by atoms with E-state index >= 15 is 0 Å². The van der Waals surface area contributed by atoms with Crippen LogP contribution >= 0.6 is 0 Å². The molecule has 0 fully saturated rings. The van der Waals surface area contributed by atoms with E-state index in [9.17, 15) is 35.5 Å². The molecule has 1 aromatic rings. The van der Waals surface area contributed by atoms with Crippen LogP contribution in [-0.4, -0.2) is 30.5 Å². The van der Waals surface area contributed by atoms with Gasteiger partial charge in [-0.25, -0.2) is 0 Å². The van der Waals surface area contributed by atoms with Gasteiger partial charge in [-0.05, 0) is 31.2 Å². The normalized spacial score (nSPS) is 12.9. The fourth-order valence-corrected chi connectivity index (χ4v) is 1.33. The van der Waals surface area contributed by atoms with Crippen molar-refractivity contribution in [1.29, 1.82) is 0 Å². The van der Waals surface area contributed by atoms with Crippen LogP contribution in [0.3, 0.4) is 0 Å². The smallest absolute Gasteiger partial charge is 0.460 e. The average molecular weight is 333 g/mol. The van der Waals surface area contributed by atoms with Crippen molar-refractivity contribution in [2.45, 2.75) is 24.9 Å². The Labute approximate surface area is 120 Å². The van der Waals surface area contributed by atoms with Gasteiger partial charge in [0.15, 0.2) is 0 Å². The van der Waals surface area contributed by atoms with E-state index in [1.165, 1.54) is 17.4 Å². The summed E-state index contributed by atoms with van der Waals surface area (Å²) in [5.41, 5.74) is -0.383. The first-order valence-electron chi connectivity index (χ1n) is 5.80. The maximum absolute atomic E-state index is 13.1. The van der Waals surface area contributed by atoms with Crippen molar-refractivity contribution in [3.63, 3.8) is 0 Å². The molecule has 22 heavy (non-hydrogen) atoms. The number of anilines is 1. The Bertz CT molecular complexity index is 525. The van der Waals surface area contributed by atoms with E-state index in [2.05, 4.69) is 0 Å². The summed E-state index contributed by atoms with van der Waals surface area (Å²) < 4.78 is 92.3. The van der Waals surface area contributed by atoms with Crippen LogP contribution in [0, 0.1) is 0 Å². The van der Waals surface area contributed by atoms with Crippen molar-refractivity contribution in [2.75, 3.05) is 11.9 Å². The summed E-state index contributed by atoms with van der Waals surface area (Å²) in [7, 11) is 0. The summed E-state index contributed by atoms with van der Waals surface area (Å²) in [5, 5.41) is 1.31. The molecule has 0 heterocycles. The Morgan fingerprint density at radius 2 is 1.55 bits per heavy atom. The molecule has 1 amide bonds. The maximum Gasteiger partial charge on any atom is 0.460 e. The van der Waals surface area contributed by atoms with Gasteiger partial charge in [-0.3, -0.25) is 4.79 Å². The number of carbonyl (C=O) groups excluding carboxylic acids is 1. The maximum atomic E-state index is 13.1. The van der Waals surface area contributed by atoms with E-state index in [-0.39, 0.29) is 5.69 Å². The Morgan fingerprint density at radius 1 is 1.05 bits per heavy atom. The van der Waals surface area contributed by atoms with E-state index < -0.39 is 23.9 Å². The second kappa shape index (κ2) is 6.01. The third-order valence-electron chi connectivity index (χ3n) is 2.46. The molecule has 0 saturated heterocycles. The summed E-state index contributed by atoms with van der Waals surface area (Å²) in [6.45, 7) is 1.96. The quantitative estimate of drug-likeness (QED) is 0.831. The molecule has 0 aromatic heterocycles. The zero-order valence-electron chi connectivity index (χ0n) is 11.0. The van der Waals surface area contributed by atoms with Crippen LogP contribution < -0.4 is 10.1 Å². The summed E-state index contributed by atoms with van der Waals surface area (Å²) in [5.74, 6) is -14.9. The van der Waals surface area contributed by atoms with Crippen LogP contribution in [0.5, 0.6) is 5.75 Å². The minimum absolute atomic E-state index is 0.293. The first-order chi connectivity index (χ1) is 9.93. The fraction of sp³-hybridized carbons (Fsp3) is 0.417. The lowest BCUT2D eigenvalue weighted by Crippen LogP contribution is -2.57. The molecule has 10 heteroatoms. The molecule has 1 N–H and O–H groups in total. The largest absolute Gasteiger partial charge is 0.494 e. The number of hydrogen-bond donors (Lipinski definition) is 1. The minimum atomic E-state index is -6.56. The number of carbonyl (C=O) groups is 1. The standard InChI is InChI=1S/C12H10F7NO2/c1-2-22-8-5-3-7(4-6-8)20-9(21)10(13,14)11(15,16)12(17,18)19/h3-6H,2H2,1H3,(H,20,21). The second-order valence-electron chi connectivity index (χ2n) is 4.06. The number of alkyl halides is 7. The lowest BCUT2D eigenvalue weighted by molar-refractivity contribution is -0.343. The van der Waals surface area contributed by atoms with Crippen molar-refractivity contribution < 1.29 is 40.3 Å². The summed E-state index contributed by atoms with van der Waals surface area (Å²) in [6.07, 6.45) is -6.56. The molecule has 3 nitrogen and oxygen atoms in total. The minimum Gasteiger partial charge on any atom is -0.494 e. The molecular formula is C12H10F7NO2. The highest BCUT2D eigenvalue weighted by atomic mass is 19.4. The highest BCUT2D eigenvalue weighted by molar-refractivity contribution is 5.97. The third-order valence-corrected chi connectivity index (χ3v) is 2.46. The molecule has 0 unspecified atom stereocenters. The van der Waals surface area contributed by atoms with E-state index in [0.717, 1.165) is 12.1 Å². The Balaban J connectivity index is 2.91. The van der Waals surface area contributed by atoms with Crippen LogP contribution in [0.25, 0.3) is 0 Å². The van der Waals surface area contributed by atoms with Crippen molar-refractivity contribution >= 4 is 11.6 Å². The van der Waals surface area contributed by atoms with Gasteiger partial charge in [-0.15, -0.1) is 0 Å². The average Bonchev–Trinajstić information content (AvgIpc) is 2.39. The van der Waals surface area contributed by atoms with Crippen LogP contribution in [0.4, 0.5) is 36.4 Å². The number of amides is 1. The Morgan fingerprint density at radius 3 is 1.95 bits per heavy atom. The Kier molecular flexibility index (Phi) is 4.93. The van der Waals surface area contributed by atoms with Gasteiger partial charge in [0.2, 0.25) is 0 Å². The molecule has 0 aliphatic carbocycles. The molecule has 124 valence electrons. The predicted octanol–water partition coefficient (Wildman–Crippen LogP) is 3.86. The molecule has 0 bridgehead atoms. The summed E-state index contributed by atoms with van der Waals surface area (Å²) in [4.78, 5) is 11.1. The van der Waals surface area contributed by atoms with Gasteiger partial charge in [0, 0.05) is 5.69 Å². The van der Waals surface area contributed by atoms with Crippen molar-refractivity contribution in [3.8, 4) is 5.75 Å². The third kappa shape index (κ3) is 3.42.